The van der Waals surface area contributed by atoms with E-state index in [1.165, 1.54) is 5.56 Å². The minimum absolute atomic E-state index is 0.0515. The Morgan fingerprint density at radius 3 is 2.45 bits per heavy atom. The maximum Gasteiger partial charge on any atom is 0.200 e. The smallest absolute Gasteiger partial charge is 0.200 e. The molecule has 1 heterocycles. The van der Waals surface area contributed by atoms with E-state index in [4.69, 9.17) is 4.42 Å². The molecule has 0 aliphatic carbocycles. The van der Waals surface area contributed by atoms with Gasteiger partial charge in [-0.25, -0.2) is 0 Å². The van der Waals surface area contributed by atoms with Crippen LogP contribution in [0.1, 0.15) is 32.8 Å². The normalized spacial score (nSPS) is 12.2. The average Bonchev–Trinajstić information content (AvgIpc) is 2.47. The second kappa shape index (κ2) is 4.48. The molecule has 0 N–H and O–H groups in total. The minimum atomic E-state index is 0.0515. The highest BCUT2D eigenvalue weighted by Crippen LogP contribution is 2.29. The van der Waals surface area contributed by atoms with Gasteiger partial charge in [0.2, 0.25) is 5.43 Å². The standard InChI is InChI=1S/C18H18O2/c1-4-18(2,3)12-9-10-16-14(11-12)17(19)13-7-5-6-8-15(13)20-16/h5-11H,4H2,1-3H3. The van der Waals surface area contributed by atoms with E-state index in [2.05, 4.69) is 26.8 Å². The fraction of sp³-hybridized carbons (Fsp3) is 0.278. The van der Waals surface area contributed by atoms with Crippen molar-refractivity contribution < 1.29 is 4.42 Å². The average molecular weight is 266 g/mol. The largest absolute Gasteiger partial charge is 0.456 e. The van der Waals surface area contributed by atoms with Crippen LogP contribution in [0, 0.1) is 0 Å². The third kappa shape index (κ3) is 1.92. The Hall–Kier alpha value is -2.09. The van der Waals surface area contributed by atoms with E-state index in [1.54, 1.807) is 0 Å². The van der Waals surface area contributed by atoms with Crippen molar-refractivity contribution in [3.63, 3.8) is 0 Å². The molecule has 0 fully saturated rings. The lowest BCUT2D eigenvalue weighted by Gasteiger charge is -2.23. The summed E-state index contributed by atoms with van der Waals surface area (Å²) in [6.45, 7) is 6.54. The molecular formula is C18H18O2. The second-order valence-corrected chi connectivity index (χ2v) is 5.88. The number of benzene rings is 2. The fourth-order valence-corrected chi connectivity index (χ4v) is 2.43. The van der Waals surface area contributed by atoms with E-state index in [0.717, 1.165) is 6.42 Å². The SMILES string of the molecule is CCC(C)(C)c1ccc2oc3ccccc3c(=O)c2c1. The molecule has 2 nitrogen and oxygen atoms in total. The molecule has 0 aliphatic rings. The van der Waals surface area contributed by atoms with Gasteiger partial charge in [0.1, 0.15) is 11.2 Å². The van der Waals surface area contributed by atoms with Gasteiger partial charge in [0.05, 0.1) is 10.8 Å². The van der Waals surface area contributed by atoms with Crippen molar-refractivity contribution in [2.45, 2.75) is 32.6 Å². The summed E-state index contributed by atoms with van der Waals surface area (Å²) in [6.07, 6.45) is 1.03. The molecule has 3 rings (SSSR count). The number of fused-ring (bicyclic) bond motifs is 2. The Balaban J connectivity index is 2.37. The van der Waals surface area contributed by atoms with Gasteiger partial charge in [-0.2, -0.15) is 0 Å². The van der Waals surface area contributed by atoms with Crippen molar-refractivity contribution >= 4 is 21.9 Å². The number of para-hydroxylation sites is 1. The summed E-state index contributed by atoms with van der Waals surface area (Å²) < 4.78 is 5.83. The number of hydrogen-bond acceptors (Lipinski definition) is 2. The Morgan fingerprint density at radius 1 is 1.00 bits per heavy atom. The minimum Gasteiger partial charge on any atom is -0.456 e. The molecule has 0 bridgehead atoms. The molecule has 0 unspecified atom stereocenters. The first-order valence-corrected chi connectivity index (χ1v) is 6.99. The predicted octanol–water partition coefficient (Wildman–Crippen LogP) is 4.63. The second-order valence-electron chi connectivity index (χ2n) is 5.88. The summed E-state index contributed by atoms with van der Waals surface area (Å²) in [5.74, 6) is 0. The van der Waals surface area contributed by atoms with E-state index < -0.39 is 0 Å². The van der Waals surface area contributed by atoms with Crippen LogP contribution in [0.15, 0.2) is 51.7 Å². The molecule has 1 aromatic heterocycles. The fourth-order valence-electron chi connectivity index (χ4n) is 2.43. The van der Waals surface area contributed by atoms with Crippen LogP contribution < -0.4 is 5.43 Å². The molecule has 0 aliphatic heterocycles. The van der Waals surface area contributed by atoms with Crippen LogP contribution in [-0.2, 0) is 5.41 Å². The summed E-state index contributed by atoms with van der Waals surface area (Å²) in [5.41, 5.74) is 2.59. The van der Waals surface area contributed by atoms with Crippen LogP contribution in [-0.4, -0.2) is 0 Å². The summed E-state index contributed by atoms with van der Waals surface area (Å²) in [6, 6.07) is 13.4. The summed E-state index contributed by atoms with van der Waals surface area (Å²) in [5, 5.41) is 1.31. The van der Waals surface area contributed by atoms with E-state index in [1.807, 2.05) is 36.4 Å². The van der Waals surface area contributed by atoms with Crippen molar-refractivity contribution in [2.24, 2.45) is 0 Å². The number of hydrogen-bond donors (Lipinski definition) is 0. The topological polar surface area (TPSA) is 30.2 Å². The number of rotatable bonds is 2. The molecule has 0 radical (unpaired) electrons. The van der Waals surface area contributed by atoms with Gasteiger partial charge in [-0.15, -0.1) is 0 Å². The molecule has 102 valence electrons. The Morgan fingerprint density at radius 2 is 1.70 bits per heavy atom. The zero-order valence-corrected chi connectivity index (χ0v) is 12.1. The van der Waals surface area contributed by atoms with Crippen LogP contribution in [0.25, 0.3) is 21.9 Å². The first-order valence-electron chi connectivity index (χ1n) is 6.99. The molecule has 2 heteroatoms. The van der Waals surface area contributed by atoms with Crippen LogP contribution in [0.2, 0.25) is 0 Å². The summed E-state index contributed by atoms with van der Waals surface area (Å²) in [4.78, 5) is 12.6. The third-order valence-corrected chi connectivity index (χ3v) is 4.24. The van der Waals surface area contributed by atoms with Gasteiger partial charge in [-0.05, 0) is 41.7 Å². The van der Waals surface area contributed by atoms with Gasteiger partial charge < -0.3 is 4.42 Å². The summed E-state index contributed by atoms with van der Waals surface area (Å²) in [7, 11) is 0. The van der Waals surface area contributed by atoms with Gasteiger partial charge in [0.25, 0.3) is 0 Å². The van der Waals surface area contributed by atoms with E-state index in [9.17, 15) is 4.79 Å². The monoisotopic (exact) mass is 266 g/mol. The first-order chi connectivity index (χ1) is 9.53. The Kier molecular flexibility index (Phi) is 2.89. The van der Waals surface area contributed by atoms with Crippen LogP contribution in [0.5, 0.6) is 0 Å². The molecule has 0 spiro atoms. The Bertz CT molecular complexity index is 841. The van der Waals surface area contributed by atoms with E-state index in [0.29, 0.717) is 21.9 Å². The zero-order valence-electron chi connectivity index (χ0n) is 12.1. The van der Waals surface area contributed by atoms with Crippen molar-refractivity contribution in [1.82, 2.24) is 0 Å². The lowest BCUT2D eigenvalue weighted by molar-refractivity contribution is 0.506. The molecular weight excluding hydrogens is 248 g/mol. The highest BCUT2D eigenvalue weighted by atomic mass is 16.3. The van der Waals surface area contributed by atoms with E-state index >= 15 is 0 Å². The van der Waals surface area contributed by atoms with Crippen LogP contribution >= 0.6 is 0 Å². The highest BCUT2D eigenvalue weighted by Gasteiger charge is 2.19. The first kappa shape index (κ1) is 12.9. The van der Waals surface area contributed by atoms with Gasteiger partial charge in [0, 0.05) is 0 Å². The highest BCUT2D eigenvalue weighted by molar-refractivity contribution is 5.89. The van der Waals surface area contributed by atoms with Gasteiger partial charge >= 0.3 is 0 Å². The van der Waals surface area contributed by atoms with Gasteiger partial charge in [0.15, 0.2) is 0 Å². The molecule has 0 atom stereocenters. The molecule has 0 saturated carbocycles. The van der Waals surface area contributed by atoms with Crippen LogP contribution in [0.3, 0.4) is 0 Å². The van der Waals surface area contributed by atoms with Gasteiger partial charge in [-0.1, -0.05) is 39.0 Å². The van der Waals surface area contributed by atoms with Crippen molar-refractivity contribution in [3.8, 4) is 0 Å². The quantitative estimate of drug-likeness (QED) is 0.633. The summed E-state index contributed by atoms with van der Waals surface area (Å²) >= 11 is 0. The van der Waals surface area contributed by atoms with Gasteiger partial charge in [-0.3, -0.25) is 4.79 Å². The maximum atomic E-state index is 12.6. The molecule has 0 saturated heterocycles. The lowest BCUT2D eigenvalue weighted by atomic mass is 9.82. The van der Waals surface area contributed by atoms with Crippen molar-refractivity contribution in [1.29, 1.82) is 0 Å². The van der Waals surface area contributed by atoms with Crippen LogP contribution in [0.4, 0.5) is 0 Å². The van der Waals surface area contributed by atoms with E-state index in [-0.39, 0.29) is 10.8 Å². The zero-order chi connectivity index (χ0) is 14.3. The molecule has 3 aromatic rings. The maximum absolute atomic E-state index is 12.6. The predicted molar refractivity (Wildman–Crippen MR) is 83.3 cm³/mol. The molecule has 2 aromatic carbocycles. The van der Waals surface area contributed by atoms with Crippen molar-refractivity contribution in [3.05, 3.63) is 58.3 Å². The lowest BCUT2D eigenvalue weighted by Crippen LogP contribution is -2.16. The molecule has 0 amide bonds. The molecule has 20 heavy (non-hydrogen) atoms. The van der Waals surface area contributed by atoms with Crippen molar-refractivity contribution in [2.75, 3.05) is 0 Å². The Labute approximate surface area is 118 Å². The third-order valence-electron chi connectivity index (χ3n) is 4.24.